The minimum absolute atomic E-state index is 0. The van der Waals surface area contributed by atoms with Crippen LogP contribution in [0.1, 0.15) is 6.92 Å². The smallest absolute Gasteiger partial charge is 0.756 e. The molecular formula is C3H8NaO4P. The Morgan fingerprint density at radius 2 is 2.11 bits per heavy atom. The summed E-state index contributed by atoms with van der Waals surface area (Å²) in [6, 6.07) is 0. The van der Waals surface area contributed by atoms with Crippen molar-refractivity contribution in [2.45, 2.75) is 6.92 Å². The summed E-state index contributed by atoms with van der Waals surface area (Å²) in [4.78, 5) is 10.2. The van der Waals surface area contributed by atoms with Crippen molar-refractivity contribution in [2.24, 2.45) is 0 Å². The van der Waals surface area contributed by atoms with E-state index in [4.69, 9.17) is 0 Å². The van der Waals surface area contributed by atoms with Crippen LogP contribution in [0.3, 0.4) is 0 Å². The van der Waals surface area contributed by atoms with Crippen molar-refractivity contribution in [2.75, 3.05) is 13.7 Å². The van der Waals surface area contributed by atoms with E-state index in [1.807, 2.05) is 0 Å². The molecule has 0 amide bonds. The molecule has 0 aliphatic rings. The van der Waals surface area contributed by atoms with E-state index in [0.29, 0.717) is 0 Å². The third-order valence-electron chi connectivity index (χ3n) is 0.511. The van der Waals surface area contributed by atoms with E-state index in [1.54, 1.807) is 6.92 Å². The van der Waals surface area contributed by atoms with Gasteiger partial charge in [0.25, 0.3) is 7.82 Å². The number of hydrogen-bond acceptors (Lipinski definition) is 4. The molecule has 9 heavy (non-hydrogen) atoms. The van der Waals surface area contributed by atoms with Gasteiger partial charge in [-0.05, 0) is 6.92 Å². The molecule has 0 aromatic heterocycles. The topological polar surface area (TPSA) is 58.6 Å². The van der Waals surface area contributed by atoms with E-state index in [0.717, 1.165) is 7.11 Å². The van der Waals surface area contributed by atoms with E-state index < -0.39 is 7.82 Å². The van der Waals surface area contributed by atoms with E-state index in [-0.39, 0.29) is 36.2 Å². The van der Waals surface area contributed by atoms with Crippen LogP contribution >= 0.6 is 7.82 Å². The maximum atomic E-state index is 10.2. The summed E-state index contributed by atoms with van der Waals surface area (Å²) in [7, 11) is -2.86. The first-order valence-corrected chi connectivity index (χ1v) is 3.59. The van der Waals surface area contributed by atoms with Crippen molar-refractivity contribution in [1.82, 2.24) is 0 Å². The van der Waals surface area contributed by atoms with Crippen LogP contribution in [0.2, 0.25) is 0 Å². The summed E-state index contributed by atoms with van der Waals surface area (Å²) in [5, 5.41) is 0. The van der Waals surface area contributed by atoms with Crippen molar-refractivity contribution in [3.05, 3.63) is 0 Å². The van der Waals surface area contributed by atoms with Crippen LogP contribution in [0.15, 0.2) is 0 Å². The molecule has 0 bridgehead atoms. The van der Waals surface area contributed by atoms with Crippen molar-refractivity contribution in [3.8, 4) is 0 Å². The first-order valence-electron chi connectivity index (χ1n) is 2.13. The molecule has 6 heteroatoms. The molecule has 0 fully saturated rings. The molecule has 0 radical (unpaired) electrons. The van der Waals surface area contributed by atoms with Crippen LogP contribution in [0.25, 0.3) is 0 Å². The minimum Gasteiger partial charge on any atom is -0.756 e. The summed E-state index contributed by atoms with van der Waals surface area (Å²) in [5.41, 5.74) is 0. The monoisotopic (exact) mass is 162 g/mol. The van der Waals surface area contributed by atoms with Crippen LogP contribution in [-0.2, 0) is 13.6 Å². The van der Waals surface area contributed by atoms with E-state index in [2.05, 4.69) is 9.05 Å². The fourth-order valence-corrected chi connectivity index (χ4v) is 0.632. The third kappa shape index (κ3) is 7.00. The minimum atomic E-state index is -3.92. The van der Waals surface area contributed by atoms with Gasteiger partial charge in [-0.2, -0.15) is 0 Å². The maximum absolute atomic E-state index is 10.2. The second-order valence-electron chi connectivity index (χ2n) is 1.05. The zero-order chi connectivity index (χ0) is 6.62. The Morgan fingerprint density at radius 3 is 2.22 bits per heavy atom. The Kier molecular flexibility index (Phi) is 8.31. The SMILES string of the molecule is CCOP(=O)([O-])OC.[Na+]. The van der Waals surface area contributed by atoms with Gasteiger partial charge in [0, 0.05) is 7.11 Å². The van der Waals surface area contributed by atoms with Crippen LogP contribution < -0.4 is 34.5 Å². The average Bonchev–Trinajstić information content (AvgIpc) is 1.67. The summed E-state index contributed by atoms with van der Waals surface area (Å²) < 4.78 is 18.3. The standard InChI is InChI=1S/C3H9O4P.Na/c1-3-7-8(4,5)6-2;/h3H2,1-2H3,(H,4,5);/q;+1/p-1. The summed E-state index contributed by atoms with van der Waals surface area (Å²) in [5.74, 6) is 0. The molecule has 0 saturated carbocycles. The van der Waals surface area contributed by atoms with Gasteiger partial charge in [-0.25, -0.2) is 0 Å². The summed E-state index contributed by atoms with van der Waals surface area (Å²) >= 11 is 0. The molecule has 0 heterocycles. The Bertz CT molecular complexity index is 106. The quantitative estimate of drug-likeness (QED) is 0.331. The molecule has 0 spiro atoms. The molecule has 0 rings (SSSR count). The van der Waals surface area contributed by atoms with E-state index in [9.17, 15) is 9.46 Å². The van der Waals surface area contributed by atoms with Crippen molar-refractivity contribution < 1.29 is 48.1 Å². The summed E-state index contributed by atoms with van der Waals surface area (Å²) in [6.07, 6.45) is 0. The predicted octanol–water partition coefficient (Wildman–Crippen LogP) is -2.86. The molecule has 0 saturated heterocycles. The van der Waals surface area contributed by atoms with Gasteiger partial charge in [0.2, 0.25) is 0 Å². The van der Waals surface area contributed by atoms with E-state index >= 15 is 0 Å². The molecule has 1 atom stereocenters. The van der Waals surface area contributed by atoms with Gasteiger partial charge < -0.3 is 13.9 Å². The van der Waals surface area contributed by atoms with Crippen molar-refractivity contribution in [1.29, 1.82) is 0 Å². The normalized spacial score (nSPS) is 15.9. The van der Waals surface area contributed by atoms with Crippen LogP contribution in [0.4, 0.5) is 0 Å². The Morgan fingerprint density at radius 1 is 1.67 bits per heavy atom. The molecule has 0 N–H and O–H groups in total. The van der Waals surface area contributed by atoms with Gasteiger partial charge in [-0.3, -0.25) is 4.57 Å². The van der Waals surface area contributed by atoms with E-state index in [1.165, 1.54) is 0 Å². The van der Waals surface area contributed by atoms with Crippen molar-refractivity contribution >= 4 is 7.82 Å². The second kappa shape index (κ2) is 5.86. The molecule has 4 nitrogen and oxygen atoms in total. The van der Waals surface area contributed by atoms with Crippen LogP contribution in [0, 0.1) is 0 Å². The largest absolute Gasteiger partial charge is 1.00 e. The third-order valence-corrected chi connectivity index (χ3v) is 1.53. The first kappa shape index (κ1) is 12.8. The fourth-order valence-electron chi connectivity index (χ4n) is 0.211. The molecule has 50 valence electrons. The average molecular weight is 162 g/mol. The first-order chi connectivity index (χ1) is 3.62. The maximum Gasteiger partial charge on any atom is 1.00 e. The van der Waals surface area contributed by atoms with Crippen LogP contribution in [-0.4, -0.2) is 13.7 Å². The van der Waals surface area contributed by atoms with Crippen LogP contribution in [0.5, 0.6) is 0 Å². The fraction of sp³-hybridized carbons (Fsp3) is 1.00. The number of phosphoric ester groups is 1. The summed E-state index contributed by atoms with van der Waals surface area (Å²) in [6.45, 7) is 1.69. The second-order valence-corrected chi connectivity index (χ2v) is 2.57. The van der Waals surface area contributed by atoms with Gasteiger partial charge in [-0.1, -0.05) is 0 Å². The molecule has 0 aliphatic heterocycles. The Hall–Kier alpha value is 1.11. The number of phosphoric acid groups is 1. The van der Waals surface area contributed by atoms with Gasteiger partial charge in [0.05, 0.1) is 6.61 Å². The number of rotatable bonds is 3. The number of hydrogen-bond donors (Lipinski definition) is 0. The Balaban J connectivity index is 0. The van der Waals surface area contributed by atoms with Gasteiger partial charge in [-0.15, -0.1) is 0 Å². The zero-order valence-electron chi connectivity index (χ0n) is 5.79. The predicted molar refractivity (Wildman–Crippen MR) is 26.2 cm³/mol. The molecule has 0 aromatic carbocycles. The molecule has 0 aromatic rings. The van der Waals surface area contributed by atoms with Gasteiger partial charge >= 0.3 is 29.6 Å². The van der Waals surface area contributed by atoms with Crippen molar-refractivity contribution in [3.63, 3.8) is 0 Å². The molecule has 0 aliphatic carbocycles. The molecular weight excluding hydrogens is 154 g/mol. The van der Waals surface area contributed by atoms with Gasteiger partial charge in [0.1, 0.15) is 0 Å². The zero-order valence-corrected chi connectivity index (χ0v) is 8.68. The Labute approximate surface area is 76.5 Å². The van der Waals surface area contributed by atoms with Gasteiger partial charge in [0.15, 0.2) is 0 Å². The molecule has 1 unspecified atom stereocenters.